The Morgan fingerprint density at radius 1 is 1.10 bits per heavy atom. The number of benzene rings is 1. The molecule has 0 aliphatic rings. The molecule has 4 nitrogen and oxygen atoms in total. The molecule has 0 heterocycles. The van der Waals surface area contributed by atoms with Crippen LogP contribution in [0.2, 0.25) is 0 Å². The highest BCUT2D eigenvalue weighted by Gasteiger charge is 2.17. The molecule has 0 amide bonds. The summed E-state index contributed by atoms with van der Waals surface area (Å²) in [4.78, 5) is 0.188. The Morgan fingerprint density at radius 3 is 2.30 bits per heavy atom. The van der Waals surface area contributed by atoms with Gasteiger partial charge >= 0.3 is 0 Å². The zero-order valence-electron chi connectivity index (χ0n) is 12.3. The Balaban J connectivity index is 2.43. The third-order valence-electron chi connectivity index (χ3n) is 3.20. The zero-order chi connectivity index (χ0) is 15.0. The van der Waals surface area contributed by atoms with Gasteiger partial charge in [0.25, 0.3) is 0 Å². The molecule has 5 heteroatoms. The third kappa shape index (κ3) is 6.03. The lowest BCUT2D eigenvalue weighted by molar-refractivity contribution is 0.149. The average Bonchev–Trinajstić information content (AvgIpc) is 2.38. The van der Waals surface area contributed by atoms with Crippen LogP contribution >= 0.6 is 0 Å². The fourth-order valence-corrected chi connectivity index (χ4v) is 3.07. The highest BCUT2D eigenvalue weighted by atomic mass is 32.2. The van der Waals surface area contributed by atoms with E-state index >= 15 is 0 Å². The highest BCUT2D eigenvalue weighted by molar-refractivity contribution is 7.89. The van der Waals surface area contributed by atoms with E-state index in [1.165, 1.54) is 12.8 Å². The van der Waals surface area contributed by atoms with Crippen LogP contribution in [0.4, 0.5) is 0 Å². The van der Waals surface area contributed by atoms with Crippen LogP contribution in [0.15, 0.2) is 29.2 Å². The summed E-state index contributed by atoms with van der Waals surface area (Å²) in [6.45, 7) is 4.04. The summed E-state index contributed by atoms with van der Waals surface area (Å²) in [5.74, 6) is 0. The summed E-state index contributed by atoms with van der Waals surface area (Å²) in [6, 6.07) is 6.58. The van der Waals surface area contributed by atoms with Gasteiger partial charge in [-0.3, -0.25) is 0 Å². The normalized spacial score (nSPS) is 13.3. The molecule has 1 rings (SSSR count). The predicted molar refractivity (Wildman–Crippen MR) is 80.9 cm³/mol. The SMILES string of the molecule is CCCCCCCC(O)NS(=O)(=O)c1ccc(C)cc1. The number of hydrogen-bond acceptors (Lipinski definition) is 3. The van der Waals surface area contributed by atoms with Gasteiger partial charge in [0, 0.05) is 0 Å². The highest BCUT2D eigenvalue weighted by Crippen LogP contribution is 2.12. The molecule has 1 atom stereocenters. The second-order valence-electron chi connectivity index (χ2n) is 5.15. The van der Waals surface area contributed by atoms with Gasteiger partial charge < -0.3 is 5.11 Å². The van der Waals surface area contributed by atoms with Crippen molar-refractivity contribution in [1.82, 2.24) is 4.72 Å². The van der Waals surface area contributed by atoms with Crippen molar-refractivity contribution in [2.24, 2.45) is 0 Å². The minimum atomic E-state index is -3.62. The molecule has 114 valence electrons. The summed E-state index contributed by atoms with van der Waals surface area (Å²) < 4.78 is 26.3. The van der Waals surface area contributed by atoms with Crippen LogP contribution in [0, 0.1) is 6.92 Å². The van der Waals surface area contributed by atoms with E-state index in [0.29, 0.717) is 6.42 Å². The Labute approximate surface area is 122 Å². The fourth-order valence-electron chi connectivity index (χ4n) is 1.96. The molecule has 0 bridgehead atoms. The monoisotopic (exact) mass is 299 g/mol. The van der Waals surface area contributed by atoms with Gasteiger partial charge in [-0.15, -0.1) is 0 Å². The minimum Gasteiger partial charge on any atom is -0.378 e. The van der Waals surface area contributed by atoms with Crippen molar-refractivity contribution in [3.8, 4) is 0 Å². The first-order valence-electron chi connectivity index (χ1n) is 7.23. The van der Waals surface area contributed by atoms with Crippen molar-refractivity contribution in [2.75, 3.05) is 0 Å². The molecule has 0 radical (unpaired) electrons. The molecule has 1 aromatic carbocycles. The number of aliphatic hydroxyl groups excluding tert-OH is 1. The maximum Gasteiger partial charge on any atom is 0.242 e. The van der Waals surface area contributed by atoms with E-state index in [-0.39, 0.29) is 4.90 Å². The topological polar surface area (TPSA) is 66.4 Å². The predicted octanol–water partition coefficient (Wildman–Crippen LogP) is 2.95. The summed E-state index contributed by atoms with van der Waals surface area (Å²) in [5.41, 5.74) is 1.00. The van der Waals surface area contributed by atoms with Crippen LogP contribution in [0.5, 0.6) is 0 Å². The molecule has 0 aliphatic heterocycles. The van der Waals surface area contributed by atoms with Crippen LogP contribution in [0.1, 0.15) is 51.0 Å². The van der Waals surface area contributed by atoms with Gasteiger partial charge in [0.1, 0.15) is 6.23 Å². The van der Waals surface area contributed by atoms with Gasteiger partial charge in [0.15, 0.2) is 0 Å². The quantitative estimate of drug-likeness (QED) is 0.544. The van der Waals surface area contributed by atoms with Crippen molar-refractivity contribution in [1.29, 1.82) is 0 Å². The number of aryl methyl sites for hydroxylation is 1. The Morgan fingerprint density at radius 2 is 1.70 bits per heavy atom. The van der Waals surface area contributed by atoms with E-state index < -0.39 is 16.3 Å². The maximum absolute atomic E-state index is 12.0. The zero-order valence-corrected chi connectivity index (χ0v) is 13.1. The summed E-state index contributed by atoms with van der Waals surface area (Å²) in [6.07, 6.45) is 4.79. The number of sulfonamides is 1. The van der Waals surface area contributed by atoms with Crippen molar-refractivity contribution < 1.29 is 13.5 Å². The molecule has 1 unspecified atom stereocenters. The van der Waals surface area contributed by atoms with E-state index in [1.807, 2.05) is 6.92 Å². The van der Waals surface area contributed by atoms with Crippen LogP contribution in [-0.2, 0) is 10.0 Å². The summed E-state index contributed by atoms with van der Waals surface area (Å²) >= 11 is 0. The molecule has 0 fully saturated rings. The molecule has 0 aliphatic carbocycles. The van der Waals surface area contributed by atoms with Gasteiger partial charge in [0.2, 0.25) is 10.0 Å². The van der Waals surface area contributed by atoms with Crippen molar-refractivity contribution in [2.45, 2.75) is 63.5 Å². The fraction of sp³-hybridized carbons (Fsp3) is 0.600. The first-order valence-corrected chi connectivity index (χ1v) is 8.71. The van der Waals surface area contributed by atoms with Gasteiger partial charge in [0.05, 0.1) is 4.90 Å². The van der Waals surface area contributed by atoms with E-state index in [4.69, 9.17) is 0 Å². The molecule has 2 N–H and O–H groups in total. The number of nitrogens with one attached hydrogen (secondary N) is 1. The number of hydrogen-bond donors (Lipinski definition) is 2. The first kappa shape index (κ1) is 17.1. The van der Waals surface area contributed by atoms with Crippen molar-refractivity contribution >= 4 is 10.0 Å². The van der Waals surface area contributed by atoms with Gasteiger partial charge in [-0.05, 0) is 31.9 Å². The minimum absolute atomic E-state index is 0.188. The lowest BCUT2D eigenvalue weighted by atomic mass is 10.1. The van der Waals surface area contributed by atoms with E-state index in [1.54, 1.807) is 24.3 Å². The second-order valence-corrected chi connectivity index (χ2v) is 6.87. The molecular weight excluding hydrogens is 274 g/mol. The Kier molecular flexibility index (Phi) is 7.19. The van der Waals surface area contributed by atoms with Crippen LogP contribution in [0.25, 0.3) is 0 Å². The molecule has 20 heavy (non-hydrogen) atoms. The Bertz CT molecular complexity index is 482. The van der Waals surface area contributed by atoms with E-state index in [9.17, 15) is 13.5 Å². The number of unbranched alkanes of at least 4 members (excludes halogenated alkanes) is 4. The standard InChI is InChI=1S/C15H25NO3S/c1-3-4-5-6-7-8-15(17)16-20(18,19)14-11-9-13(2)10-12-14/h9-12,15-17H,3-8H2,1-2H3. The van der Waals surface area contributed by atoms with Gasteiger partial charge in [-0.2, -0.15) is 4.72 Å². The molecular formula is C15H25NO3S. The van der Waals surface area contributed by atoms with Crippen molar-refractivity contribution in [3.05, 3.63) is 29.8 Å². The lowest BCUT2D eigenvalue weighted by Gasteiger charge is -2.13. The van der Waals surface area contributed by atoms with E-state index in [2.05, 4.69) is 11.6 Å². The first-order chi connectivity index (χ1) is 9.45. The number of aliphatic hydroxyl groups is 1. The van der Waals surface area contributed by atoms with E-state index in [0.717, 1.165) is 24.8 Å². The van der Waals surface area contributed by atoms with Crippen LogP contribution in [-0.4, -0.2) is 19.8 Å². The largest absolute Gasteiger partial charge is 0.378 e. The molecule has 0 saturated carbocycles. The summed E-state index contributed by atoms with van der Waals surface area (Å²) in [7, 11) is -3.62. The third-order valence-corrected chi connectivity index (χ3v) is 4.68. The molecule has 1 aromatic rings. The number of rotatable bonds is 9. The van der Waals surface area contributed by atoms with Gasteiger partial charge in [-0.1, -0.05) is 50.3 Å². The Hall–Kier alpha value is -0.910. The average molecular weight is 299 g/mol. The van der Waals surface area contributed by atoms with Crippen LogP contribution < -0.4 is 4.72 Å². The smallest absolute Gasteiger partial charge is 0.242 e. The summed E-state index contributed by atoms with van der Waals surface area (Å²) in [5, 5.41) is 9.77. The maximum atomic E-state index is 12.0. The lowest BCUT2D eigenvalue weighted by Crippen LogP contribution is -2.34. The second kappa shape index (κ2) is 8.39. The van der Waals surface area contributed by atoms with Crippen LogP contribution in [0.3, 0.4) is 0 Å². The molecule has 0 saturated heterocycles. The van der Waals surface area contributed by atoms with Crippen molar-refractivity contribution in [3.63, 3.8) is 0 Å². The molecule has 0 spiro atoms. The van der Waals surface area contributed by atoms with Gasteiger partial charge in [-0.25, -0.2) is 8.42 Å². The molecule has 0 aromatic heterocycles.